The highest BCUT2D eigenvalue weighted by atomic mass is 79.9. The predicted octanol–water partition coefficient (Wildman–Crippen LogP) is 4.33. The van der Waals surface area contributed by atoms with Crippen LogP contribution < -0.4 is 5.73 Å². The minimum absolute atomic E-state index is 0.334. The lowest BCUT2D eigenvalue weighted by molar-refractivity contribution is 0.499. The van der Waals surface area contributed by atoms with Crippen LogP contribution in [0.2, 0.25) is 0 Å². The second-order valence-electron chi connectivity index (χ2n) is 4.10. The van der Waals surface area contributed by atoms with Crippen molar-refractivity contribution in [1.82, 2.24) is 0 Å². The monoisotopic (exact) mass is 363 g/mol. The van der Waals surface area contributed by atoms with E-state index in [0.717, 1.165) is 12.1 Å². The van der Waals surface area contributed by atoms with Crippen LogP contribution in [0.5, 0.6) is 0 Å². The van der Waals surface area contributed by atoms with Crippen LogP contribution in [0, 0.1) is 23.3 Å². The summed E-state index contributed by atoms with van der Waals surface area (Å²) in [6.45, 7) is 0.334. The Hall–Kier alpha value is -1.40. The third-order valence-corrected chi connectivity index (χ3v) is 3.22. The molecule has 21 heavy (non-hydrogen) atoms. The van der Waals surface area contributed by atoms with Crippen LogP contribution in [-0.2, 0) is 11.8 Å². The number of rotatable bonds is 3. The van der Waals surface area contributed by atoms with Gasteiger partial charge < -0.3 is 5.73 Å². The fourth-order valence-corrected chi connectivity index (χ4v) is 1.98. The van der Waals surface area contributed by atoms with Gasteiger partial charge >= 0.3 is 0 Å². The van der Waals surface area contributed by atoms with Crippen molar-refractivity contribution in [2.45, 2.75) is 11.8 Å². The van der Waals surface area contributed by atoms with Gasteiger partial charge in [0.2, 0.25) is 0 Å². The van der Waals surface area contributed by atoms with Gasteiger partial charge in [0.1, 0.15) is 0 Å². The van der Waals surface area contributed by atoms with Crippen LogP contribution in [0.1, 0.15) is 11.1 Å². The SMILES string of the molecule is Fc1cccc(CBr)c1F.NCCc1cccc(F)c1F. The Morgan fingerprint density at radius 1 is 0.810 bits per heavy atom. The molecule has 0 aliphatic carbocycles. The van der Waals surface area contributed by atoms with E-state index in [9.17, 15) is 17.6 Å². The van der Waals surface area contributed by atoms with Gasteiger partial charge in [0.15, 0.2) is 23.3 Å². The van der Waals surface area contributed by atoms with Crippen molar-refractivity contribution >= 4 is 15.9 Å². The largest absolute Gasteiger partial charge is 0.330 e. The van der Waals surface area contributed by atoms with Gasteiger partial charge in [-0.2, -0.15) is 0 Å². The Labute approximate surface area is 128 Å². The molecule has 0 aromatic heterocycles. The zero-order chi connectivity index (χ0) is 15.8. The van der Waals surface area contributed by atoms with E-state index in [4.69, 9.17) is 5.73 Å². The Kier molecular flexibility index (Phi) is 7.39. The second kappa shape index (κ2) is 8.79. The molecule has 2 rings (SSSR count). The molecule has 0 saturated carbocycles. The van der Waals surface area contributed by atoms with Gasteiger partial charge in [-0.1, -0.05) is 40.2 Å². The smallest absolute Gasteiger partial charge is 0.162 e. The molecular weight excluding hydrogens is 350 g/mol. The van der Waals surface area contributed by atoms with Crippen molar-refractivity contribution < 1.29 is 17.6 Å². The third kappa shape index (κ3) is 5.13. The summed E-state index contributed by atoms with van der Waals surface area (Å²) in [4.78, 5) is 0. The minimum Gasteiger partial charge on any atom is -0.330 e. The van der Waals surface area contributed by atoms with E-state index < -0.39 is 23.3 Å². The molecule has 2 aromatic rings. The quantitative estimate of drug-likeness (QED) is 0.637. The number of halogens is 5. The van der Waals surface area contributed by atoms with Gasteiger partial charge in [0.25, 0.3) is 0 Å². The first-order chi connectivity index (χ1) is 10.0. The number of hydrogen-bond donors (Lipinski definition) is 1. The molecule has 0 atom stereocenters. The van der Waals surface area contributed by atoms with Gasteiger partial charge in [-0.25, -0.2) is 17.6 Å². The highest BCUT2D eigenvalue weighted by Crippen LogP contribution is 2.13. The highest BCUT2D eigenvalue weighted by molar-refractivity contribution is 9.08. The molecule has 0 radical (unpaired) electrons. The topological polar surface area (TPSA) is 26.0 Å². The lowest BCUT2D eigenvalue weighted by Crippen LogP contribution is -2.05. The maximum absolute atomic E-state index is 12.8. The normalized spacial score (nSPS) is 10.0. The first kappa shape index (κ1) is 17.7. The zero-order valence-electron chi connectivity index (χ0n) is 11.1. The predicted molar refractivity (Wildman–Crippen MR) is 78.1 cm³/mol. The molecule has 0 fully saturated rings. The van der Waals surface area contributed by atoms with Crippen molar-refractivity contribution in [1.29, 1.82) is 0 Å². The third-order valence-electron chi connectivity index (χ3n) is 2.62. The van der Waals surface area contributed by atoms with Crippen LogP contribution >= 0.6 is 15.9 Å². The molecule has 0 saturated heterocycles. The van der Waals surface area contributed by atoms with Gasteiger partial charge in [0.05, 0.1) is 0 Å². The average molecular weight is 364 g/mol. The van der Waals surface area contributed by atoms with Crippen LogP contribution in [0.4, 0.5) is 17.6 Å². The Morgan fingerprint density at radius 3 is 1.71 bits per heavy atom. The molecule has 0 unspecified atom stereocenters. The van der Waals surface area contributed by atoms with Gasteiger partial charge in [-0.3, -0.25) is 0 Å². The summed E-state index contributed by atoms with van der Waals surface area (Å²) in [5.74, 6) is -3.15. The first-order valence-electron chi connectivity index (χ1n) is 6.13. The van der Waals surface area contributed by atoms with Gasteiger partial charge in [0, 0.05) is 10.9 Å². The van der Waals surface area contributed by atoms with E-state index in [2.05, 4.69) is 15.9 Å². The van der Waals surface area contributed by atoms with E-state index in [0.29, 0.717) is 29.4 Å². The molecule has 114 valence electrons. The molecule has 0 amide bonds. The fraction of sp³-hybridized carbons (Fsp3) is 0.200. The van der Waals surface area contributed by atoms with Crippen molar-refractivity contribution in [2.24, 2.45) is 5.73 Å². The second-order valence-corrected chi connectivity index (χ2v) is 4.66. The Balaban J connectivity index is 0.000000211. The Bertz CT molecular complexity index is 590. The summed E-state index contributed by atoms with van der Waals surface area (Å²) >= 11 is 3.04. The minimum atomic E-state index is -0.809. The van der Waals surface area contributed by atoms with Crippen LogP contribution in [0.25, 0.3) is 0 Å². The number of nitrogens with two attached hydrogens (primary N) is 1. The van der Waals surface area contributed by atoms with E-state index in [1.807, 2.05) is 0 Å². The molecular formula is C15H14BrF4N. The molecule has 6 heteroatoms. The lowest BCUT2D eigenvalue weighted by Gasteiger charge is -2.00. The molecule has 0 heterocycles. The maximum atomic E-state index is 12.8. The summed E-state index contributed by atoms with van der Waals surface area (Å²) in [5, 5.41) is 0.344. The molecule has 2 aromatic carbocycles. The van der Waals surface area contributed by atoms with E-state index >= 15 is 0 Å². The van der Waals surface area contributed by atoms with Crippen LogP contribution in [0.3, 0.4) is 0 Å². The van der Waals surface area contributed by atoms with Crippen molar-refractivity contribution in [3.05, 3.63) is 70.8 Å². The average Bonchev–Trinajstić information content (AvgIpc) is 2.48. The molecule has 1 nitrogen and oxygen atoms in total. The number of hydrogen-bond acceptors (Lipinski definition) is 1. The number of alkyl halides is 1. The Morgan fingerprint density at radius 2 is 1.29 bits per heavy atom. The summed E-state index contributed by atoms with van der Waals surface area (Å²) < 4.78 is 50.2. The van der Waals surface area contributed by atoms with Gasteiger partial charge in [-0.15, -0.1) is 0 Å². The number of benzene rings is 2. The first-order valence-corrected chi connectivity index (χ1v) is 7.25. The van der Waals surface area contributed by atoms with E-state index in [-0.39, 0.29) is 0 Å². The lowest BCUT2D eigenvalue weighted by atomic mass is 10.1. The molecule has 0 bridgehead atoms. The molecule has 0 spiro atoms. The summed E-state index contributed by atoms with van der Waals surface area (Å²) in [6, 6.07) is 8.22. The van der Waals surface area contributed by atoms with Crippen LogP contribution in [-0.4, -0.2) is 6.54 Å². The van der Waals surface area contributed by atoms with Gasteiger partial charge in [-0.05, 0) is 30.7 Å². The van der Waals surface area contributed by atoms with Crippen molar-refractivity contribution in [2.75, 3.05) is 6.54 Å². The summed E-state index contributed by atoms with van der Waals surface area (Å²) in [6.07, 6.45) is 0.379. The van der Waals surface area contributed by atoms with Crippen LogP contribution in [0.15, 0.2) is 36.4 Å². The summed E-state index contributed by atoms with van der Waals surface area (Å²) in [5.41, 5.74) is 5.88. The van der Waals surface area contributed by atoms with E-state index in [1.165, 1.54) is 24.3 Å². The zero-order valence-corrected chi connectivity index (χ0v) is 12.6. The van der Waals surface area contributed by atoms with Crippen molar-refractivity contribution in [3.8, 4) is 0 Å². The highest BCUT2D eigenvalue weighted by Gasteiger charge is 2.05. The maximum Gasteiger partial charge on any atom is 0.162 e. The standard InChI is InChI=1S/C8H9F2N.C7H5BrF2/c9-7-3-1-2-6(4-5-11)8(7)10;8-4-5-2-1-3-6(9)7(5)10/h1-3H,4-5,11H2;1-3H,4H2. The molecule has 2 N–H and O–H groups in total. The molecule has 0 aliphatic rings. The van der Waals surface area contributed by atoms with Crippen molar-refractivity contribution in [3.63, 3.8) is 0 Å². The van der Waals surface area contributed by atoms with E-state index in [1.54, 1.807) is 0 Å². The fourth-order valence-electron chi connectivity index (χ4n) is 1.55. The summed E-state index contributed by atoms with van der Waals surface area (Å²) in [7, 11) is 0. The molecule has 0 aliphatic heterocycles.